The molecule has 0 spiro atoms. The lowest BCUT2D eigenvalue weighted by Gasteiger charge is -2.40. The van der Waals surface area contributed by atoms with Gasteiger partial charge in [-0.2, -0.15) is 0 Å². The van der Waals surface area contributed by atoms with Crippen LogP contribution in [0.25, 0.3) is 6.08 Å². The van der Waals surface area contributed by atoms with E-state index in [2.05, 4.69) is 0 Å². The highest BCUT2D eigenvalue weighted by atomic mass is 16.5. The van der Waals surface area contributed by atoms with Crippen LogP contribution < -0.4 is 11.2 Å². The lowest BCUT2D eigenvalue weighted by molar-refractivity contribution is -0.175. The smallest absolute Gasteiger partial charge is 0.268 e. The average molecular weight is 475 g/mol. The maximum atomic E-state index is 13.4. The molecule has 8 nitrogen and oxygen atoms in total. The van der Waals surface area contributed by atoms with Gasteiger partial charge >= 0.3 is 0 Å². The van der Waals surface area contributed by atoms with Crippen molar-refractivity contribution in [3.8, 4) is 0 Å². The standard InChI is InChI=1S/C26H42N4O4/c1-20(2)16-17-25(32)30(29(19-21(3)4)24(31)15-8-9-18-27)23(26(33)28-34)14-10-13-22-11-6-5-7-12-22/h5-7,10-13,20-21,23,34H,8-9,14-19,27H2,1-4H3,(H,28,33)/t23-/m0/s1. The molecule has 1 aromatic rings. The lowest BCUT2D eigenvalue weighted by Crippen LogP contribution is -2.59. The van der Waals surface area contributed by atoms with Crippen LogP contribution in [0.15, 0.2) is 36.4 Å². The van der Waals surface area contributed by atoms with Crippen molar-refractivity contribution in [3.63, 3.8) is 0 Å². The summed E-state index contributed by atoms with van der Waals surface area (Å²) in [5, 5.41) is 12.1. The van der Waals surface area contributed by atoms with Gasteiger partial charge in [-0.3, -0.25) is 24.6 Å². The highest BCUT2D eigenvalue weighted by molar-refractivity contribution is 5.89. The fraction of sp³-hybridized carbons (Fsp3) is 0.577. The number of nitrogens with zero attached hydrogens (tertiary/aromatic N) is 2. The van der Waals surface area contributed by atoms with Gasteiger partial charge in [0.15, 0.2) is 0 Å². The second-order valence-electron chi connectivity index (χ2n) is 9.33. The molecule has 0 unspecified atom stereocenters. The Morgan fingerprint density at radius 1 is 1.00 bits per heavy atom. The zero-order chi connectivity index (χ0) is 25.5. The zero-order valence-electron chi connectivity index (χ0n) is 21.1. The summed E-state index contributed by atoms with van der Waals surface area (Å²) in [6.45, 7) is 8.70. The number of hydrogen-bond acceptors (Lipinski definition) is 5. The second kappa shape index (κ2) is 16.0. The maximum absolute atomic E-state index is 13.4. The minimum atomic E-state index is -1.07. The number of nitrogens with two attached hydrogens (primary N) is 1. The Bertz CT molecular complexity index is 780. The van der Waals surface area contributed by atoms with Crippen molar-refractivity contribution in [1.29, 1.82) is 0 Å². The van der Waals surface area contributed by atoms with Gasteiger partial charge in [0.1, 0.15) is 6.04 Å². The molecule has 0 fully saturated rings. The van der Waals surface area contributed by atoms with E-state index in [1.807, 2.05) is 64.1 Å². The van der Waals surface area contributed by atoms with E-state index < -0.39 is 11.9 Å². The van der Waals surface area contributed by atoms with Gasteiger partial charge in [0, 0.05) is 19.4 Å². The molecule has 4 N–H and O–H groups in total. The normalized spacial score (nSPS) is 12.2. The largest absolute Gasteiger partial charge is 0.330 e. The first-order chi connectivity index (χ1) is 16.2. The van der Waals surface area contributed by atoms with Crippen LogP contribution in [0.5, 0.6) is 0 Å². The molecule has 0 bridgehead atoms. The fourth-order valence-electron chi connectivity index (χ4n) is 3.50. The van der Waals surface area contributed by atoms with Crippen molar-refractivity contribution in [3.05, 3.63) is 42.0 Å². The molecular formula is C26H42N4O4. The molecule has 0 aliphatic rings. The van der Waals surface area contributed by atoms with Crippen molar-refractivity contribution in [1.82, 2.24) is 15.5 Å². The van der Waals surface area contributed by atoms with Crippen molar-refractivity contribution in [2.24, 2.45) is 17.6 Å². The summed E-state index contributed by atoms with van der Waals surface area (Å²) in [5.74, 6) is -0.936. The summed E-state index contributed by atoms with van der Waals surface area (Å²) < 4.78 is 0. The third-order valence-electron chi connectivity index (χ3n) is 5.30. The molecule has 0 aromatic heterocycles. The van der Waals surface area contributed by atoms with Crippen LogP contribution in [0.3, 0.4) is 0 Å². The number of amides is 3. The number of hydrazine groups is 1. The summed E-state index contributed by atoms with van der Waals surface area (Å²) in [4.78, 5) is 39.4. The van der Waals surface area contributed by atoms with E-state index in [1.165, 1.54) is 10.0 Å². The van der Waals surface area contributed by atoms with Gasteiger partial charge in [0.2, 0.25) is 11.8 Å². The Labute approximate surface area is 204 Å². The zero-order valence-corrected chi connectivity index (χ0v) is 21.1. The average Bonchev–Trinajstić information content (AvgIpc) is 2.81. The van der Waals surface area contributed by atoms with Gasteiger partial charge in [-0.05, 0) is 49.6 Å². The first-order valence-corrected chi connectivity index (χ1v) is 12.2. The van der Waals surface area contributed by atoms with Crippen molar-refractivity contribution >= 4 is 23.8 Å². The van der Waals surface area contributed by atoms with E-state index in [-0.39, 0.29) is 49.5 Å². The van der Waals surface area contributed by atoms with Crippen LogP contribution in [-0.2, 0) is 14.4 Å². The Kier molecular flexibility index (Phi) is 13.8. The maximum Gasteiger partial charge on any atom is 0.268 e. The van der Waals surface area contributed by atoms with E-state index in [0.717, 1.165) is 5.56 Å². The van der Waals surface area contributed by atoms with E-state index in [0.29, 0.717) is 25.8 Å². The molecule has 1 rings (SSSR count). The van der Waals surface area contributed by atoms with Crippen LogP contribution in [0.4, 0.5) is 0 Å². The van der Waals surface area contributed by atoms with E-state index >= 15 is 0 Å². The lowest BCUT2D eigenvalue weighted by atomic mass is 10.1. The van der Waals surface area contributed by atoms with Crippen LogP contribution in [-0.4, -0.2) is 52.1 Å². The van der Waals surface area contributed by atoms with Gasteiger partial charge in [-0.15, -0.1) is 0 Å². The van der Waals surface area contributed by atoms with Gasteiger partial charge in [-0.25, -0.2) is 10.5 Å². The molecule has 0 saturated heterocycles. The quantitative estimate of drug-likeness (QED) is 0.216. The van der Waals surface area contributed by atoms with E-state index in [9.17, 15) is 19.6 Å². The molecule has 0 saturated carbocycles. The number of benzene rings is 1. The third-order valence-corrected chi connectivity index (χ3v) is 5.30. The van der Waals surface area contributed by atoms with Crippen molar-refractivity contribution in [2.45, 2.75) is 72.3 Å². The number of carbonyl (C=O) groups is 3. The van der Waals surface area contributed by atoms with E-state index in [1.54, 1.807) is 11.6 Å². The minimum Gasteiger partial charge on any atom is -0.330 e. The molecular weight excluding hydrogens is 432 g/mol. The van der Waals surface area contributed by atoms with Crippen LogP contribution in [0, 0.1) is 11.8 Å². The molecule has 0 aliphatic carbocycles. The molecule has 0 aliphatic heterocycles. The molecule has 1 atom stereocenters. The monoisotopic (exact) mass is 474 g/mol. The van der Waals surface area contributed by atoms with Crippen LogP contribution in [0.2, 0.25) is 0 Å². The SMILES string of the molecule is CC(C)CCC(=O)N([C@@H](CC=Cc1ccccc1)C(=O)NO)N(CC(C)C)C(=O)CCCCN. The third kappa shape index (κ3) is 10.5. The Morgan fingerprint density at radius 2 is 1.68 bits per heavy atom. The van der Waals surface area contributed by atoms with Gasteiger partial charge in [0.25, 0.3) is 5.91 Å². The highest BCUT2D eigenvalue weighted by Gasteiger charge is 2.36. The molecule has 1 aromatic carbocycles. The minimum absolute atomic E-state index is 0.0663. The Morgan fingerprint density at radius 3 is 2.24 bits per heavy atom. The molecule has 0 heterocycles. The molecule has 190 valence electrons. The van der Waals surface area contributed by atoms with Crippen molar-refractivity contribution in [2.75, 3.05) is 13.1 Å². The molecule has 34 heavy (non-hydrogen) atoms. The molecule has 8 heteroatoms. The summed E-state index contributed by atoms with van der Waals surface area (Å²) in [6, 6.07) is 8.51. The van der Waals surface area contributed by atoms with Gasteiger partial charge < -0.3 is 5.73 Å². The van der Waals surface area contributed by atoms with Crippen LogP contribution >= 0.6 is 0 Å². The van der Waals surface area contributed by atoms with E-state index in [4.69, 9.17) is 5.73 Å². The number of carbonyl (C=O) groups excluding carboxylic acids is 3. The topological polar surface area (TPSA) is 116 Å². The Hall–Kier alpha value is -2.71. The first kappa shape index (κ1) is 29.3. The molecule has 0 radical (unpaired) electrons. The summed E-state index contributed by atoms with van der Waals surface area (Å²) in [7, 11) is 0. The fourth-order valence-corrected chi connectivity index (χ4v) is 3.50. The second-order valence-corrected chi connectivity index (χ2v) is 9.33. The van der Waals surface area contributed by atoms with Gasteiger partial charge in [0.05, 0.1) is 0 Å². The number of nitrogens with one attached hydrogen (secondary N) is 1. The summed E-state index contributed by atoms with van der Waals surface area (Å²) in [5.41, 5.74) is 8.22. The van der Waals surface area contributed by atoms with Gasteiger partial charge in [-0.1, -0.05) is 70.2 Å². The highest BCUT2D eigenvalue weighted by Crippen LogP contribution is 2.19. The van der Waals surface area contributed by atoms with Crippen molar-refractivity contribution < 1.29 is 19.6 Å². The summed E-state index contributed by atoms with van der Waals surface area (Å²) in [6.07, 6.45) is 6.12. The number of hydrogen-bond donors (Lipinski definition) is 3. The number of hydroxylamine groups is 1. The molecule has 3 amide bonds. The predicted octanol–water partition coefficient (Wildman–Crippen LogP) is 3.76. The van der Waals surface area contributed by atoms with Crippen LogP contribution in [0.1, 0.15) is 71.8 Å². The predicted molar refractivity (Wildman–Crippen MR) is 134 cm³/mol. The first-order valence-electron chi connectivity index (χ1n) is 12.2. The summed E-state index contributed by atoms with van der Waals surface area (Å²) >= 11 is 0. The Balaban J connectivity index is 3.33. The number of unbranched alkanes of at least 4 members (excludes halogenated alkanes) is 1. The number of rotatable bonds is 14.